The number of ketones is 4. The number of hydrogen-bond acceptors (Lipinski definition) is 6. The molecule has 0 radical (unpaired) electrons. The second-order valence-corrected chi connectivity index (χ2v) is 9.93. The van der Waals surface area contributed by atoms with Gasteiger partial charge < -0.3 is 9.47 Å². The summed E-state index contributed by atoms with van der Waals surface area (Å²) in [7, 11) is 0. The Balaban J connectivity index is 0.952. The monoisotopic (exact) mass is 530 g/mol. The van der Waals surface area contributed by atoms with Crippen LogP contribution in [-0.2, 0) is 0 Å². The Bertz CT molecular complexity index is 1560. The molecule has 4 aromatic rings. The van der Waals surface area contributed by atoms with Crippen LogP contribution < -0.4 is 9.47 Å². The van der Waals surface area contributed by atoms with Gasteiger partial charge in [-0.25, -0.2) is 0 Å². The lowest BCUT2D eigenvalue weighted by Crippen LogP contribution is -2.20. The lowest BCUT2D eigenvalue weighted by atomic mass is 9.84. The topological polar surface area (TPSA) is 86.7 Å². The summed E-state index contributed by atoms with van der Waals surface area (Å²) in [6.07, 6.45) is 3.55. The van der Waals surface area contributed by atoms with Gasteiger partial charge in [-0.1, -0.05) is 48.5 Å². The van der Waals surface area contributed by atoms with Crippen molar-refractivity contribution in [2.24, 2.45) is 0 Å². The summed E-state index contributed by atoms with van der Waals surface area (Å²) in [4.78, 5) is 51.3. The summed E-state index contributed by atoms with van der Waals surface area (Å²) in [6.45, 7) is 1.00. The van der Waals surface area contributed by atoms with E-state index >= 15 is 0 Å². The first-order valence-electron chi connectivity index (χ1n) is 13.4. The number of carbonyl (C=O) groups excluding carboxylic acids is 4. The molecule has 2 aliphatic rings. The molecule has 0 amide bonds. The maximum absolute atomic E-state index is 12.9. The fraction of sp³-hybridized carbons (Fsp3) is 0.176. The number of fused-ring (bicyclic) bond motifs is 4. The van der Waals surface area contributed by atoms with Gasteiger partial charge in [0.2, 0.25) is 0 Å². The second kappa shape index (κ2) is 10.7. The van der Waals surface area contributed by atoms with Crippen molar-refractivity contribution in [3.63, 3.8) is 0 Å². The molecule has 0 bridgehead atoms. The van der Waals surface area contributed by atoms with Gasteiger partial charge in [0.05, 0.1) is 13.2 Å². The van der Waals surface area contributed by atoms with Crippen LogP contribution in [0.3, 0.4) is 0 Å². The summed E-state index contributed by atoms with van der Waals surface area (Å²) in [6, 6.07) is 23.9. The Morgan fingerprint density at radius 2 is 0.700 bits per heavy atom. The third kappa shape index (κ3) is 4.62. The van der Waals surface area contributed by atoms with Crippen LogP contribution in [-0.4, -0.2) is 36.3 Å². The normalized spacial score (nSPS) is 13.3. The molecule has 0 aromatic heterocycles. The maximum Gasteiger partial charge on any atom is 0.194 e. The summed E-state index contributed by atoms with van der Waals surface area (Å²) in [5.41, 5.74) is 3.34. The molecule has 0 N–H and O–H groups in total. The first kappa shape index (κ1) is 25.4. The molecule has 0 heterocycles. The zero-order chi connectivity index (χ0) is 27.6. The highest BCUT2D eigenvalue weighted by molar-refractivity contribution is 6.29. The van der Waals surface area contributed by atoms with Crippen molar-refractivity contribution in [2.45, 2.75) is 25.7 Å². The maximum atomic E-state index is 12.9. The predicted octanol–water partition coefficient (Wildman–Crippen LogP) is 6.26. The largest absolute Gasteiger partial charge is 0.494 e. The molecule has 6 heteroatoms. The number of hydrogen-bond donors (Lipinski definition) is 0. The fourth-order valence-corrected chi connectivity index (χ4v) is 5.27. The van der Waals surface area contributed by atoms with E-state index in [2.05, 4.69) is 0 Å². The molecule has 0 fully saturated rings. The molecule has 2 aliphatic carbocycles. The minimum Gasteiger partial charge on any atom is -0.494 e. The van der Waals surface area contributed by atoms with Gasteiger partial charge in [0.1, 0.15) is 11.5 Å². The van der Waals surface area contributed by atoms with Crippen LogP contribution in [0.5, 0.6) is 11.5 Å². The molecule has 4 aromatic carbocycles. The van der Waals surface area contributed by atoms with Crippen LogP contribution in [0.1, 0.15) is 89.4 Å². The molecule has 198 valence electrons. The van der Waals surface area contributed by atoms with Crippen molar-refractivity contribution in [3.8, 4) is 11.5 Å². The van der Waals surface area contributed by atoms with E-state index in [1.165, 1.54) is 0 Å². The minimum absolute atomic E-state index is 0.139. The van der Waals surface area contributed by atoms with Crippen LogP contribution >= 0.6 is 0 Å². The lowest BCUT2D eigenvalue weighted by Gasteiger charge is -2.18. The van der Waals surface area contributed by atoms with Gasteiger partial charge in [-0.3, -0.25) is 19.2 Å². The Kier molecular flexibility index (Phi) is 6.83. The summed E-state index contributed by atoms with van der Waals surface area (Å²) < 4.78 is 11.7. The number of ether oxygens (including phenoxy) is 2. The van der Waals surface area contributed by atoms with E-state index < -0.39 is 0 Å². The molecule has 0 saturated carbocycles. The first-order valence-corrected chi connectivity index (χ1v) is 13.4. The van der Waals surface area contributed by atoms with E-state index in [9.17, 15) is 19.2 Å². The predicted molar refractivity (Wildman–Crippen MR) is 149 cm³/mol. The number of carbonyl (C=O) groups is 4. The molecule has 0 atom stereocenters. The number of benzene rings is 4. The Labute approximate surface area is 231 Å². The average molecular weight is 531 g/mol. The summed E-state index contributed by atoms with van der Waals surface area (Å²) in [5.74, 6) is 0.557. The quantitative estimate of drug-likeness (QED) is 0.205. The van der Waals surface area contributed by atoms with Crippen LogP contribution in [0.2, 0.25) is 0 Å². The van der Waals surface area contributed by atoms with Crippen molar-refractivity contribution in [1.82, 2.24) is 0 Å². The third-order valence-electron chi connectivity index (χ3n) is 7.37. The minimum atomic E-state index is -0.157. The highest BCUT2D eigenvalue weighted by Crippen LogP contribution is 2.31. The standard InChI is InChI=1S/C34H26O6/c35-31-23-9-3-5-11-25(23)33(37)29-19-21(13-15-27(29)31)39-17-7-1-2-8-18-40-22-14-16-28-30(20-22)34(38)26-12-6-4-10-24(26)32(28)36/h3-6,9-16,19-20H,1-2,7-8,17-18H2. The van der Waals surface area contributed by atoms with Crippen LogP contribution in [0.15, 0.2) is 84.9 Å². The summed E-state index contributed by atoms with van der Waals surface area (Å²) in [5, 5.41) is 0. The Morgan fingerprint density at radius 3 is 1.07 bits per heavy atom. The van der Waals surface area contributed by atoms with Gasteiger partial charge in [-0.05, 0) is 62.1 Å². The third-order valence-corrected chi connectivity index (χ3v) is 7.37. The SMILES string of the molecule is O=C1c2ccccc2C(=O)c2cc(OCCCCCCOc3ccc4c(c3)C(=O)c3ccccc3C4=O)ccc21. The molecular formula is C34H26O6. The lowest BCUT2D eigenvalue weighted by molar-refractivity contribution is 0.0978. The zero-order valence-electron chi connectivity index (χ0n) is 21.8. The Hall–Kier alpha value is -4.84. The molecule has 0 spiro atoms. The van der Waals surface area contributed by atoms with E-state index in [4.69, 9.17) is 9.47 Å². The van der Waals surface area contributed by atoms with Crippen molar-refractivity contribution in [1.29, 1.82) is 0 Å². The van der Waals surface area contributed by atoms with E-state index in [0.717, 1.165) is 25.7 Å². The zero-order valence-corrected chi connectivity index (χ0v) is 21.8. The van der Waals surface area contributed by atoms with E-state index in [1.54, 1.807) is 84.9 Å². The van der Waals surface area contributed by atoms with Gasteiger partial charge in [0, 0.05) is 44.5 Å². The van der Waals surface area contributed by atoms with Crippen molar-refractivity contribution in [2.75, 3.05) is 13.2 Å². The van der Waals surface area contributed by atoms with Crippen molar-refractivity contribution < 1.29 is 28.7 Å². The van der Waals surface area contributed by atoms with Gasteiger partial charge in [-0.2, -0.15) is 0 Å². The van der Waals surface area contributed by atoms with Gasteiger partial charge in [0.25, 0.3) is 0 Å². The molecule has 0 unspecified atom stereocenters. The van der Waals surface area contributed by atoms with Gasteiger partial charge >= 0.3 is 0 Å². The van der Waals surface area contributed by atoms with Gasteiger partial charge in [0.15, 0.2) is 23.1 Å². The van der Waals surface area contributed by atoms with Crippen LogP contribution in [0.4, 0.5) is 0 Å². The summed E-state index contributed by atoms with van der Waals surface area (Å²) >= 11 is 0. The average Bonchev–Trinajstić information content (AvgIpc) is 3.00. The first-order chi connectivity index (χ1) is 19.5. The van der Waals surface area contributed by atoms with Crippen LogP contribution in [0, 0.1) is 0 Å². The van der Waals surface area contributed by atoms with Crippen molar-refractivity contribution in [3.05, 3.63) is 129 Å². The molecule has 6 nitrogen and oxygen atoms in total. The van der Waals surface area contributed by atoms with Gasteiger partial charge in [-0.15, -0.1) is 0 Å². The van der Waals surface area contributed by atoms with E-state index in [-0.39, 0.29) is 23.1 Å². The molecule has 40 heavy (non-hydrogen) atoms. The smallest absolute Gasteiger partial charge is 0.194 e. The molecular weight excluding hydrogens is 504 g/mol. The highest BCUT2D eigenvalue weighted by atomic mass is 16.5. The molecule has 0 aliphatic heterocycles. The van der Waals surface area contributed by atoms with E-state index in [0.29, 0.717) is 69.2 Å². The number of unbranched alkanes of at least 4 members (excludes halogenated alkanes) is 3. The highest BCUT2D eigenvalue weighted by Gasteiger charge is 2.30. The second-order valence-electron chi connectivity index (χ2n) is 9.93. The van der Waals surface area contributed by atoms with Crippen LogP contribution in [0.25, 0.3) is 0 Å². The number of rotatable bonds is 9. The molecule has 6 rings (SSSR count). The molecule has 0 saturated heterocycles. The Morgan fingerprint density at radius 1 is 0.375 bits per heavy atom. The fourth-order valence-electron chi connectivity index (χ4n) is 5.27. The van der Waals surface area contributed by atoms with Crippen molar-refractivity contribution >= 4 is 23.1 Å². The van der Waals surface area contributed by atoms with E-state index in [1.807, 2.05) is 0 Å².